The maximum Gasteiger partial charge on any atom is 0.306 e. The van der Waals surface area contributed by atoms with Crippen LogP contribution < -0.4 is 0 Å². The van der Waals surface area contributed by atoms with Gasteiger partial charge < -0.3 is 14.6 Å². The van der Waals surface area contributed by atoms with Gasteiger partial charge in [-0.05, 0) is 6.08 Å². The fourth-order valence-electron chi connectivity index (χ4n) is 2.17. The number of epoxide rings is 1. The summed E-state index contributed by atoms with van der Waals surface area (Å²) in [6, 6.07) is 0. The molecule has 1 aliphatic carbocycles. The predicted molar refractivity (Wildman–Crippen MR) is 41.9 cm³/mol. The van der Waals surface area contributed by atoms with Crippen LogP contribution in [0.15, 0.2) is 12.2 Å². The molecule has 0 bridgehead atoms. The normalized spacial score (nSPS) is 52.1. The van der Waals surface area contributed by atoms with Crippen molar-refractivity contribution in [3.63, 3.8) is 0 Å². The Hall–Kier alpha value is -0.870. The molecule has 0 radical (unpaired) electrons. The van der Waals surface area contributed by atoms with Crippen LogP contribution in [0.2, 0.25) is 0 Å². The molecule has 70 valence electrons. The van der Waals surface area contributed by atoms with Crippen LogP contribution in [0.3, 0.4) is 0 Å². The minimum atomic E-state index is -0.555. The molecule has 2 heterocycles. The van der Waals surface area contributed by atoms with E-state index in [-0.39, 0.29) is 18.2 Å². The molecule has 0 aromatic carbocycles. The molecule has 4 nitrogen and oxygen atoms in total. The summed E-state index contributed by atoms with van der Waals surface area (Å²) in [6.45, 7) is 0. The highest BCUT2D eigenvalue weighted by atomic mass is 16.6. The van der Waals surface area contributed by atoms with E-state index >= 15 is 0 Å². The minimum absolute atomic E-state index is 0.112. The summed E-state index contributed by atoms with van der Waals surface area (Å²) in [7, 11) is 0. The van der Waals surface area contributed by atoms with Gasteiger partial charge in [0.2, 0.25) is 0 Å². The second-order valence-corrected chi connectivity index (χ2v) is 3.80. The molecule has 3 aliphatic rings. The third-order valence-electron chi connectivity index (χ3n) is 2.94. The first-order valence-electron chi connectivity index (χ1n) is 4.46. The topological polar surface area (TPSA) is 59.1 Å². The van der Waals surface area contributed by atoms with Crippen molar-refractivity contribution in [2.24, 2.45) is 0 Å². The molecular weight excluding hydrogens is 172 g/mol. The van der Waals surface area contributed by atoms with Gasteiger partial charge >= 0.3 is 5.97 Å². The van der Waals surface area contributed by atoms with E-state index in [0.717, 1.165) is 0 Å². The lowest BCUT2D eigenvalue weighted by molar-refractivity contribution is -0.146. The largest absolute Gasteiger partial charge is 0.452 e. The lowest BCUT2D eigenvalue weighted by Crippen LogP contribution is -2.39. The van der Waals surface area contributed by atoms with Gasteiger partial charge in [-0.3, -0.25) is 4.79 Å². The van der Waals surface area contributed by atoms with Gasteiger partial charge in [-0.15, -0.1) is 0 Å². The summed E-state index contributed by atoms with van der Waals surface area (Å²) in [5, 5.41) is 9.38. The van der Waals surface area contributed by atoms with Crippen LogP contribution in [-0.2, 0) is 14.3 Å². The molecule has 1 N–H and O–H groups in total. The monoisotopic (exact) mass is 182 g/mol. The molecular formula is C9H10O4. The maximum absolute atomic E-state index is 11.0. The molecule has 1 unspecified atom stereocenters. The molecule has 3 rings (SSSR count). The van der Waals surface area contributed by atoms with Crippen molar-refractivity contribution in [3.8, 4) is 0 Å². The molecule has 4 heteroatoms. The van der Waals surface area contributed by atoms with E-state index in [9.17, 15) is 9.90 Å². The van der Waals surface area contributed by atoms with E-state index in [1.54, 1.807) is 12.2 Å². The Kier molecular flexibility index (Phi) is 1.24. The van der Waals surface area contributed by atoms with Crippen LogP contribution in [0.4, 0.5) is 0 Å². The second-order valence-electron chi connectivity index (χ2n) is 3.80. The number of rotatable bonds is 0. The van der Waals surface area contributed by atoms with Crippen molar-refractivity contribution in [1.82, 2.24) is 0 Å². The van der Waals surface area contributed by atoms with Crippen molar-refractivity contribution >= 4 is 5.97 Å². The minimum Gasteiger partial charge on any atom is -0.452 e. The Morgan fingerprint density at radius 3 is 3.15 bits per heavy atom. The highest BCUT2D eigenvalue weighted by Crippen LogP contribution is 2.47. The number of carbonyl (C=O) groups is 1. The highest BCUT2D eigenvalue weighted by Gasteiger charge is 2.62. The first-order chi connectivity index (χ1) is 6.21. The molecule has 2 fully saturated rings. The molecule has 0 aromatic heterocycles. The first kappa shape index (κ1) is 7.53. The Labute approximate surface area is 75.1 Å². The van der Waals surface area contributed by atoms with Crippen LogP contribution in [-0.4, -0.2) is 35.0 Å². The molecule has 0 aromatic rings. The zero-order valence-electron chi connectivity index (χ0n) is 6.97. The van der Waals surface area contributed by atoms with Crippen molar-refractivity contribution < 1.29 is 19.4 Å². The summed E-state index contributed by atoms with van der Waals surface area (Å²) in [6.07, 6.45) is 3.76. The molecule has 0 saturated carbocycles. The SMILES string of the molecule is O=C1CC[C@]2(C=CC(O)[C@H]3O[C@H]32)O1. The predicted octanol–water partition coefficient (Wildman–Crippen LogP) is -0.240. The van der Waals surface area contributed by atoms with Crippen molar-refractivity contribution in [1.29, 1.82) is 0 Å². The summed E-state index contributed by atoms with van der Waals surface area (Å²) < 4.78 is 10.5. The quantitative estimate of drug-likeness (QED) is 0.319. The fourth-order valence-corrected chi connectivity index (χ4v) is 2.17. The van der Waals surface area contributed by atoms with Gasteiger partial charge in [0.25, 0.3) is 0 Å². The smallest absolute Gasteiger partial charge is 0.306 e. The summed E-state index contributed by atoms with van der Waals surface area (Å²) in [5.41, 5.74) is -0.555. The Bertz CT molecular complexity index is 298. The maximum atomic E-state index is 11.0. The summed E-state index contributed by atoms with van der Waals surface area (Å²) in [4.78, 5) is 11.0. The van der Waals surface area contributed by atoms with Crippen LogP contribution >= 0.6 is 0 Å². The third kappa shape index (κ3) is 0.899. The number of fused-ring (bicyclic) bond motifs is 2. The van der Waals surface area contributed by atoms with Crippen LogP contribution in [0.1, 0.15) is 12.8 Å². The molecule has 13 heavy (non-hydrogen) atoms. The first-order valence-corrected chi connectivity index (χ1v) is 4.46. The molecule has 2 saturated heterocycles. The van der Waals surface area contributed by atoms with E-state index < -0.39 is 11.7 Å². The zero-order valence-corrected chi connectivity index (χ0v) is 6.97. The van der Waals surface area contributed by atoms with Gasteiger partial charge in [0.15, 0.2) is 5.60 Å². The highest BCUT2D eigenvalue weighted by molar-refractivity contribution is 5.73. The van der Waals surface area contributed by atoms with E-state index in [4.69, 9.17) is 9.47 Å². The number of carbonyl (C=O) groups excluding carboxylic acids is 1. The lowest BCUT2D eigenvalue weighted by Gasteiger charge is -2.25. The van der Waals surface area contributed by atoms with Gasteiger partial charge in [0.05, 0.1) is 0 Å². The van der Waals surface area contributed by atoms with Gasteiger partial charge in [-0.2, -0.15) is 0 Å². The van der Waals surface area contributed by atoms with Crippen LogP contribution in [0.25, 0.3) is 0 Å². The standard InChI is InChI=1S/C9H10O4/c10-5-1-3-9(8-7(5)12-8)4-2-6(11)13-9/h1,3,5,7-8,10H,2,4H2/t5?,7-,8-,9+/m1/s1. The molecule has 1 spiro atoms. The van der Waals surface area contributed by atoms with Crippen molar-refractivity contribution in [2.75, 3.05) is 0 Å². The number of ether oxygens (including phenoxy) is 2. The number of hydrogen-bond donors (Lipinski definition) is 1. The van der Waals surface area contributed by atoms with Crippen LogP contribution in [0, 0.1) is 0 Å². The molecule has 0 amide bonds. The van der Waals surface area contributed by atoms with E-state index in [0.29, 0.717) is 12.8 Å². The Morgan fingerprint density at radius 1 is 1.62 bits per heavy atom. The number of esters is 1. The second kappa shape index (κ2) is 2.13. The Balaban J connectivity index is 1.92. The third-order valence-corrected chi connectivity index (χ3v) is 2.94. The van der Waals surface area contributed by atoms with E-state index in [1.165, 1.54) is 0 Å². The van der Waals surface area contributed by atoms with Crippen molar-refractivity contribution in [3.05, 3.63) is 12.2 Å². The van der Waals surface area contributed by atoms with Gasteiger partial charge in [0, 0.05) is 12.8 Å². The number of aliphatic hydroxyl groups is 1. The average Bonchev–Trinajstić information content (AvgIpc) is 2.83. The van der Waals surface area contributed by atoms with Gasteiger partial charge in [-0.1, -0.05) is 6.08 Å². The zero-order chi connectivity index (χ0) is 9.05. The van der Waals surface area contributed by atoms with E-state index in [2.05, 4.69) is 0 Å². The number of hydrogen-bond acceptors (Lipinski definition) is 4. The summed E-state index contributed by atoms with van der Waals surface area (Å²) in [5.74, 6) is -0.171. The Morgan fingerprint density at radius 2 is 2.46 bits per heavy atom. The van der Waals surface area contributed by atoms with Crippen LogP contribution in [0.5, 0.6) is 0 Å². The lowest BCUT2D eigenvalue weighted by atomic mass is 9.87. The summed E-state index contributed by atoms with van der Waals surface area (Å²) >= 11 is 0. The van der Waals surface area contributed by atoms with Gasteiger partial charge in [-0.25, -0.2) is 0 Å². The average molecular weight is 182 g/mol. The molecule has 2 aliphatic heterocycles. The fraction of sp³-hybridized carbons (Fsp3) is 0.667. The van der Waals surface area contributed by atoms with Crippen molar-refractivity contribution in [2.45, 2.75) is 36.8 Å². The van der Waals surface area contributed by atoms with Gasteiger partial charge in [0.1, 0.15) is 18.3 Å². The molecule has 4 atom stereocenters. The van der Waals surface area contributed by atoms with E-state index in [1.807, 2.05) is 0 Å². The number of aliphatic hydroxyl groups excluding tert-OH is 1.